The lowest BCUT2D eigenvalue weighted by Gasteiger charge is -2.15. The molecule has 2 aliphatic rings. The Labute approximate surface area is 143 Å². The summed E-state index contributed by atoms with van der Waals surface area (Å²) in [5.41, 5.74) is 4.53. The third-order valence-electron chi connectivity index (χ3n) is 5.75. The lowest BCUT2D eigenvalue weighted by molar-refractivity contribution is -0.123. The third kappa shape index (κ3) is 2.87. The number of ether oxygens (including phenoxy) is 2. The molecule has 0 radical (unpaired) electrons. The molecule has 1 aromatic rings. The molecule has 0 spiro atoms. The van der Waals surface area contributed by atoms with Gasteiger partial charge in [-0.3, -0.25) is 4.79 Å². The molecular formula is C19H26N2O3. The molecule has 1 amide bonds. The first-order valence-corrected chi connectivity index (χ1v) is 8.58. The van der Waals surface area contributed by atoms with Crippen LogP contribution in [0.25, 0.3) is 0 Å². The van der Waals surface area contributed by atoms with Crippen molar-refractivity contribution in [2.45, 2.75) is 39.5 Å². The van der Waals surface area contributed by atoms with E-state index in [9.17, 15) is 4.79 Å². The van der Waals surface area contributed by atoms with Gasteiger partial charge in [0.05, 0.1) is 19.9 Å². The van der Waals surface area contributed by atoms with Crippen molar-refractivity contribution in [3.05, 3.63) is 23.8 Å². The molecule has 3 rings (SSSR count). The Bertz CT molecular complexity index is 671. The van der Waals surface area contributed by atoms with Crippen molar-refractivity contribution in [1.82, 2.24) is 5.43 Å². The largest absolute Gasteiger partial charge is 0.497 e. The smallest absolute Gasteiger partial charge is 0.244 e. The lowest BCUT2D eigenvalue weighted by Crippen LogP contribution is -2.23. The van der Waals surface area contributed by atoms with Crippen LogP contribution in [0.3, 0.4) is 0 Å². The maximum atomic E-state index is 12.5. The van der Waals surface area contributed by atoms with Gasteiger partial charge in [0.2, 0.25) is 5.91 Å². The number of rotatable bonds is 5. The summed E-state index contributed by atoms with van der Waals surface area (Å²) in [5, 5.41) is 4.30. The number of hydrogen-bond donors (Lipinski definition) is 1. The number of nitrogens with zero attached hydrogens (tertiary/aromatic N) is 1. The number of hydrazone groups is 1. The highest BCUT2D eigenvalue weighted by atomic mass is 16.5. The number of fused-ring (bicyclic) bond motifs is 1. The minimum Gasteiger partial charge on any atom is -0.497 e. The molecule has 5 nitrogen and oxygen atoms in total. The van der Waals surface area contributed by atoms with E-state index in [-0.39, 0.29) is 17.2 Å². The molecule has 130 valence electrons. The molecule has 5 heteroatoms. The molecule has 0 unspecified atom stereocenters. The fraction of sp³-hybridized carbons (Fsp3) is 0.579. The van der Waals surface area contributed by atoms with Crippen molar-refractivity contribution < 1.29 is 14.3 Å². The van der Waals surface area contributed by atoms with Gasteiger partial charge in [0.1, 0.15) is 11.5 Å². The maximum absolute atomic E-state index is 12.5. The first-order chi connectivity index (χ1) is 11.5. The summed E-state index contributed by atoms with van der Waals surface area (Å²) in [7, 11) is 3.23. The zero-order valence-corrected chi connectivity index (χ0v) is 14.9. The SMILES string of the molecule is COc1ccc(/C(C)=N\NC(=O)[C@@H]2[C@@H]3CCCC[C@]23C)c(OC)c1. The van der Waals surface area contributed by atoms with E-state index in [1.807, 2.05) is 25.1 Å². The van der Waals surface area contributed by atoms with Gasteiger partial charge in [-0.1, -0.05) is 19.8 Å². The first kappa shape index (κ1) is 16.8. The van der Waals surface area contributed by atoms with Crippen molar-refractivity contribution in [2.75, 3.05) is 14.2 Å². The Morgan fingerprint density at radius 3 is 2.71 bits per heavy atom. The van der Waals surface area contributed by atoms with E-state index in [4.69, 9.17) is 9.47 Å². The minimum absolute atomic E-state index is 0.0521. The van der Waals surface area contributed by atoms with Crippen LogP contribution in [0.5, 0.6) is 11.5 Å². The van der Waals surface area contributed by atoms with Gasteiger partial charge in [0.25, 0.3) is 0 Å². The van der Waals surface area contributed by atoms with Crippen LogP contribution < -0.4 is 14.9 Å². The summed E-state index contributed by atoms with van der Waals surface area (Å²) >= 11 is 0. The van der Waals surface area contributed by atoms with E-state index in [0.717, 1.165) is 23.4 Å². The Hall–Kier alpha value is -2.04. The van der Waals surface area contributed by atoms with E-state index in [2.05, 4.69) is 17.5 Å². The number of methoxy groups -OCH3 is 2. The van der Waals surface area contributed by atoms with Gasteiger partial charge in [0.15, 0.2) is 0 Å². The molecule has 2 fully saturated rings. The number of nitrogens with one attached hydrogen (secondary N) is 1. The van der Waals surface area contributed by atoms with Crippen molar-refractivity contribution in [3.63, 3.8) is 0 Å². The van der Waals surface area contributed by atoms with Gasteiger partial charge >= 0.3 is 0 Å². The lowest BCUT2D eigenvalue weighted by atomic mass is 9.90. The van der Waals surface area contributed by atoms with E-state index < -0.39 is 0 Å². The van der Waals surface area contributed by atoms with Crippen molar-refractivity contribution in [2.24, 2.45) is 22.4 Å². The van der Waals surface area contributed by atoms with Crippen LogP contribution in [0, 0.1) is 17.3 Å². The summed E-state index contributed by atoms with van der Waals surface area (Å²) in [6.45, 7) is 4.11. The Morgan fingerprint density at radius 1 is 1.29 bits per heavy atom. The molecule has 2 aliphatic carbocycles. The number of carbonyl (C=O) groups excluding carboxylic acids is 1. The Kier molecular flexibility index (Phi) is 4.52. The van der Waals surface area contributed by atoms with E-state index in [0.29, 0.717) is 11.7 Å². The third-order valence-corrected chi connectivity index (χ3v) is 5.75. The van der Waals surface area contributed by atoms with Crippen molar-refractivity contribution >= 4 is 11.6 Å². The molecule has 0 bridgehead atoms. The molecule has 1 aromatic carbocycles. The molecule has 0 aliphatic heterocycles. The zero-order valence-electron chi connectivity index (χ0n) is 14.9. The molecule has 0 aromatic heterocycles. The zero-order chi connectivity index (χ0) is 17.3. The minimum atomic E-state index is 0.0521. The predicted octanol–water partition coefficient (Wildman–Crippen LogP) is 3.37. The van der Waals surface area contributed by atoms with Gasteiger partial charge in [0, 0.05) is 17.5 Å². The van der Waals surface area contributed by atoms with Crippen LogP contribution in [0.4, 0.5) is 0 Å². The highest BCUT2D eigenvalue weighted by Gasteiger charge is 2.64. The predicted molar refractivity (Wildman–Crippen MR) is 93.5 cm³/mol. The molecule has 0 saturated heterocycles. The second-order valence-electron chi connectivity index (χ2n) is 7.08. The van der Waals surface area contributed by atoms with E-state index in [1.165, 1.54) is 19.3 Å². The average molecular weight is 330 g/mol. The van der Waals surface area contributed by atoms with E-state index in [1.54, 1.807) is 14.2 Å². The topological polar surface area (TPSA) is 59.9 Å². The van der Waals surface area contributed by atoms with Crippen molar-refractivity contribution in [1.29, 1.82) is 0 Å². The molecule has 2 saturated carbocycles. The molecule has 0 heterocycles. The van der Waals surface area contributed by atoms with Gasteiger partial charge in [-0.15, -0.1) is 0 Å². The molecule has 3 atom stereocenters. The summed E-state index contributed by atoms with van der Waals surface area (Å²) in [6.07, 6.45) is 4.81. The highest BCUT2D eigenvalue weighted by molar-refractivity contribution is 6.02. The van der Waals surface area contributed by atoms with Gasteiger partial charge in [-0.2, -0.15) is 5.10 Å². The standard InChI is InChI=1S/C19H26N2O3/c1-12(14-9-8-13(23-3)11-16(14)24-4)20-21-18(22)17-15-7-5-6-10-19(15,17)2/h8-9,11,15,17H,5-7,10H2,1-4H3,(H,21,22)/b20-12-/t15-,17-,19-/m0/s1. The average Bonchev–Trinajstić information content (AvgIpc) is 3.24. The van der Waals surface area contributed by atoms with Gasteiger partial charge in [-0.05, 0) is 43.2 Å². The fourth-order valence-corrected chi connectivity index (χ4v) is 4.22. The highest BCUT2D eigenvalue weighted by Crippen LogP contribution is 2.66. The van der Waals surface area contributed by atoms with Crippen LogP contribution in [-0.4, -0.2) is 25.8 Å². The van der Waals surface area contributed by atoms with E-state index >= 15 is 0 Å². The maximum Gasteiger partial charge on any atom is 0.244 e. The Balaban J connectivity index is 1.70. The second kappa shape index (κ2) is 6.46. The second-order valence-corrected chi connectivity index (χ2v) is 7.08. The quantitative estimate of drug-likeness (QED) is 0.665. The molecular weight excluding hydrogens is 304 g/mol. The summed E-state index contributed by atoms with van der Waals surface area (Å²) in [4.78, 5) is 12.5. The van der Waals surface area contributed by atoms with Gasteiger partial charge in [-0.25, -0.2) is 5.43 Å². The van der Waals surface area contributed by atoms with Crippen LogP contribution >= 0.6 is 0 Å². The summed E-state index contributed by atoms with van der Waals surface area (Å²) in [5.74, 6) is 2.11. The van der Waals surface area contributed by atoms with Gasteiger partial charge < -0.3 is 9.47 Å². The normalized spacial score (nSPS) is 28.8. The fourth-order valence-electron chi connectivity index (χ4n) is 4.22. The number of hydrogen-bond acceptors (Lipinski definition) is 4. The van der Waals surface area contributed by atoms with Crippen LogP contribution in [0.2, 0.25) is 0 Å². The first-order valence-electron chi connectivity index (χ1n) is 8.58. The number of amides is 1. The number of carbonyl (C=O) groups is 1. The summed E-state index contributed by atoms with van der Waals surface area (Å²) < 4.78 is 10.6. The van der Waals surface area contributed by atoms with Crippen LogP contribution in [0.15, 0.2) is 23.3 Å². The molecule has 1 N–H and O–H groups in total. The Morgan fingerprint density at radius 2 is 2.08 bits per heavy atom. The van der Waals surface area contributed by atoms with Crippen LogP contribution in [-0.2, 0) is 4.79 Å². The monoisotopic (exact) mass is 330 g/mol. The summed E-state index contributed by atoms with van der Waals surface area (Å²) in [6, 6.07) is 5.56. The van der Waals surface area contributed by atoms with Crippen molar-refractivity contribution in [3.8, 4) is 11.5 Å². The molecule has 24 heavy (non-hydrogen) atoms. The number of benzene rings is 1. The van der Waals surface area contributed by atoms with Crippen LogP contribution in [0.1, 0.15) is 45.1 Å².